The zero-order chi connectivity index (χ0) is 13.1. The smallest absolute Gasteiger partial charge is 0.281 e. The minimum atomic E-state index is -0.668. The summed E-state index contributed by atoms with van der Waals surface area (Å²) in [6.07, 6.45) is 0. The third-order valence-electron chi connectivity index (χ3n) is 2.07. The van der Waals surface area contributed by atoms with E-state index in [0.29, 0.717) is 0 Å². The van der Waals surface area contributed by atoms with E-state index < -0.39 is 11.7 Å². The van der Waals surface area contributed by atoms with Crippen LogP contribution in [0.25, 0.3) is 0 Å². The molecule has 3 N–H and O–H groups in total. The maximum absolute atomic E-state index is 13.1. The Bertz CT molecular complexity index is 646. The molecule has 18 heavy (non-hydrogen) atoms. The van der Waals surface area contributed by atoms with Crippen molar-refractivity contribution >= 4 is 17.4 Å². The standard InChI is InChI=1S/C10H6FN5O2/c11-7-2-1-6(3-5(7)4-12)14-10(17)8-9(13)16-18-15-8/h1-3H,(H2,13,16)(H,14,17). The number of rotatable bonds is 2. The molecule has 0 saturated heterocycles. The number of nitrogen functional groups attached to an aromatic ring is 1. The van der Waals surface area contributed by atoms with Crippen molar-refractivity contribution in [2.75, 3.05) is 11.1 Å². The SMILES string of the molecule is N#Cc1cc(NC(=O)c2nonc2N)ccc1F. The van der Waals surface area contributed by atoms with Crippen molar-refractivity contribution in [1.29, 1.82) is 5.26 Å². The van der Waals surface area contributed by atoms with Gasteiger partial charge in [-0.2, -0.15) is 5.26 Å². The van der Waals surface area contributed by atoms with Crippen molar-refractivity contribution in [1.82, 2.24) is 10.3 Å². The predicted octanol–water partition coefficient (Wildman–Crippen LogP) is 0.915. The summed E-state index contributed by atoms with van der Waals surface area (Å²) >= 11 is 0. The number of nitriles is 1. The average molecular weight is 247 g/mol. The largest absolute Gasteiger partial charge is 0.379 e. The van der Waals surface area contributed by atoms with Crippen LogP contribution >= 0.6 is 0 Å². The number of benzene rings is 1. The van der Waals surface area contributed by atoms with Gasteiger partial charge in [0.15, 0.2) is 0 Å². The number of nitrogens with one attached hydrogen (secondary N) is 1. The number of anilines is 2. The van der Waals surface area contributed by atoms with Crippen molar-refractivity contribution < 1.29 is 13.8 Å². The van der Waals surface area contributed by atoms with Gasteiger partial charge in [0.1, 0.15) is 11.9 Å². The van der Waals surface area contributed by atoms with E-state index in [-0.39, 0.29) is 22.8 Å². The van der Waals surface area contributed by atoms with E-state index >= 15 is 0 Å². The fraction of sp³-hybridized carbons (Fsp3) is 0. The lowest BCUT2D eigenvalue weighted by Crippen LogP contribution is -2.14. The van der Waals surface area contributed by atoms with E-state index in [2.05, 4.69) is 20.3 Å². The van der Waals surface area contributed by atoms with Crippen LogP contribution in [0, 0.1) is 17.1 Å². The van der Waals surface area contributed by atoms with E-state index in [1.165, 1.54) is 12.1 Å². The second kappa shape index (κ2) is 4.50. The minimum Gasteiger partial charge on any atom is -0.379 e. The maximum atomic E-state index is 13.1. The van der Waals surface area contributed by atoms with Gasteiger partial charge in [0.05, 0.1) is 5.56 Å². The Morgan fingerprint density at radius 1 is 1.50 bits per heavy atom. The van der Waals surface area contributed by atoms with Crippen LogP contribution in [0.1, 0.15) is 16.1 Å². The Morgan fingerprint density at radius 3 is 2.89 bits per heavy atom. The lowest BCUT2D eigenvalue weighted by atomic mass is 10.2. The normalized spacial score (nSPS) is 9.78. The van der Waals surface area contributed by atoms with E-state index in [9.17, 15) is 9.18 Å². The summed E-state index contributed by atoms with van der Waals surface area (Å²) in [7, 11) is 0. The number of amides is 1. The van der Waals surface area contributed by atoms with Crippen LogP contribution < -0.4 is 11.1 Å². The molecular weight excluding hydrogens is 241 g/mol. The van der Waals surface area contributed by atoms with E-state index in [0.717, 1.165) is 6.07 Å². The third-order valence-corrected chi connectivity index (χ3v) is 2.07. The lowest BCUT2D eigenvalue weighted by Gasteiger charge is -2.03. The van der Waals surface area contributed by atoms with Gasteiger partial charge in [0, 0.05) is 5.69 Å². The molecule has 0 unspecified atom stereocenters. The highest BCUT2D eigenvalue weighted by atomic mass is 19.1. The fourth-order valence-electron chi connectivity index (χ4n) is 1.23. The predicted molar refractivity (Wildman–Crippen MR) is 57.8 cm³/mol. The van der Waals surface area contributed by atoms with Crippen LogP contribution in [-0.4, -0.2) is 16.2 Å². The summed E-state index contributed by atoms with van der Waals surface area (Å²) in [6, 6.07) is 5.22. The van der Waals surface area contributed by atoms with Crippen LogP contribution in [0.15, 0.2) is 22.8 Å². The zero-order valence-electron chi connectivity index (χ0n) is 8.85. The first kappa shape index (κ1) is 11.5. The molecule has 0 fully saturated rings. The summed E-state index contributed by atoms with van der Waals surface area (Å²) in [5, 5.41) is 17.6. The molecular formula is C10H6FN5O2. The van der Waals surface area contributed by atoms with E-state index in [1.54, 1.807) is 6.07 Å². The van der Waals surface area contributed by atoms with Gasteiger partial charge < -0.3 is 11.1 Å². The molecule has 0 bridgehead atoms. The quantitative estimate of drug-likeness (QED) is 0.814. The Hall–Kier alpha value is -2.95. The second-order valence-electron chi connectivity index (χ2n) is 3.26. The molecule has 0 aliphatic rings. The highest BCUT2D eigenvalue weighted by molar-refractivity contribution is 6.05. The number of nitrogens with two attached hydrogens (primary N) is 1. The molecule has 8 heteroatoms. The molecule has 1 aromatic carbocycles. The first-order valence-corrected chi connectivity index (χ1v) is 4.71. The molecule has 0 radical (unpaired) electrons. The molecule has 0 aliphatic carbocycles. The molecule has 1 aromatic heterocycles. The number of hydrogen-bond acceptors (Lipinski definition) is 6. The van der Waals surface area contributed by atoms with Crippen molar-refractivity contribution in [3.05, 3.63) is 35.3 Å². The second-order valence-corrected chi connectivity index (χ2v) is 3.26. The molecule has 0 saturated carbocycles. The maximum Gasteiger partial charge on any atom is 0.281 e. The molecule has 90 valence electrons. The molecule has 7 nitrogen and oxygen atoms in total. The van der Waals surface area contributed by atoms with Crippen molar-refractivity contribution in [3.8, 4) is 6.07 Å². The molecule has 1 heterocycles. The number of carbonyl (C=O) groups excluding carboxylic acids is 1. The van der Waals surface area contributed by atoms with Crippen molar-refractivity contribution in [3.63, 3.8) is 0 Å². The highest BCUT2D eigenvalue weighted by Gasteiger charge is 2.16. The fourth-order valence-corrected chi connectivity index (χ4v) is 1.23. The monoisotopic (exact) mass is 247 g/mol. The zero-order valence-corrected chi connectivity index (χ0v) is 8.85. The Morgan fingerprint density at radius 2 is 2.28 bits per heavy atom. The van der Waals surface area contributed by atoms with Gasteiger partial charge in [0.2, 0.25) is 11.5 Å². The minimum absolute atomic E-state index is 0.157. The lowest BCUT2D eigenvalue weighted by molar-refractivity contribution is 0.101. The van der Waals surface area contributed by atoms with Gasteiger partial charge in [-0.15, -0.1) is 0 Å². The summed E-state index contributed by atoms with van der Waals surface area (Å²) in [5.41, 5.74) is 5.21. The topological polar surface area (TPSA) is 118 Å². The Labute approximate surface area is 100.0 Å². The number of aromatic nitrogens is 2. The molecule has 0 atom stereocenters. The van der Waals surface area contributed by atoms with Gasteiger partial charge in [0.25, 0.3) is 5.91 Å². The molecule has 2 aromatic rings. The first-order valence-electron chi connectivity index (χ1n) is 4.71. The van der Waals surface area contributed by atoms with Gasteiger partial charge in [-0.05, 0) is 28.5 Å². The van der Waals surface area contributed by atoms with E-state index in [4.69, 9.17) is 11.0 Å². The number of nitrogens with zero attached hydrogens (tertiary/aromatic N) is 3. The molecule has 2 rings (SSSR count). The van der Waals surface area contributed by atoms with Crippen LogP contribution in [-0.2, 0) is 0 Å². The van der Waals surface area contributed by atoms with Crippen molar-refractivity contribution in [2.45, 2.75) is 0 Å². The van der Waals surface area contributed by atoms with Gasteiger partial charge in [-0.1, -0.05) is 0 Å². The van der Waals surface area contributed by atoms with Crippen LogP contribution in [0.4, 0.5) is 15.9 Å². The summed E-state index contributed by atoms with van der Waals surface area (Å²) < 4.78 is 17.3. The molecule has 0 aliphatic heterocycles. The average Bonchev–Trinajstić information content (AvgIpc) is 2.78. The number of carbonyl (C=O) groups is 1. The summed E-state index contributed by atoms with van der Waals surface area (Å²) in [5.74, 6) is -1.49. The molecule has 0 spiro atoms. The van der Waals surface area contributed by atoms with Gasteiger partial charge in [-0.25, -0.2) is 9.02 Å². The van der Waals surface area contributed by atoms with Crippen molar-refractivity contribution in [2.24, 2.45) is 0 Å². The number of hydrogen-bond donors (Lipinski definition) is 2. The van der Waals surface area contributed by atoms with Crippen LogP contribution in [0.2, 0.25) is 0 Å². The van der Waals surface area contributed by atoms with Gasteiger partial charge in [-0.3, -0.25) is 4.79 Å². The Balaban J connectivity index is 2.23. The summed E-state index contributed by atoms with van der Waals surface area (Å²) in [6.45, 7) is 0. The van der Waals surface area contributed by atoms with Crippen LogP contribution in [0.3, 0.4) is 0 Å². The Kier molecular flexibility index (Phi) is 2.89. The third kappa shape index (κ3) is 2.10. The molecule has 1 amide bonds. The first-order chi connectivity index (χ1) is 8.61. The van der Waals surface area contributed by atoms with Crippen LogP contribution in [0.5, 0.6) is 0 Å². The van der Waals surface area contributed by atoms with E-state index in [1.807, 2.05) is 0 Å². The highest BCUT2D eigenvalue weighted by Crippen LogP contribution is 2.15. The summed E-state index contributed by atoms with van der Waals surface area (Å²) in [4.78, 5) is 11.7. The number of halogens is 1. The van der Waals surface area contributed by atoms with Gasteiger partial charge >= 0.3 is 0 Å².